The molecule has 1 rings (SSSR count). The van der Waals surface area contributed by atoms with Gasteiger partial charge in [0, 0.05) is 7.05 Å². The molecule has 4 heteroatoms. The molecule has 78 valence electrons. The Labute approximate surface area is 94.0 Å². The molecule has 0 radical (unpaired) electrons. The number of ketones is 1. The van der Waals surface area contributed by atoms with Gasteiger partial charge < -0.3 is 0 Å². The Balaban J connectivity index is 2.78. The first-order chi connectivity index (χ1) is 6.53. The largest absolute Gasteiger partial charge is 0.293 e. The lowest BCUT2D eigenvalue weighted by atomic mass is 10.1. The summed E-state index contributed by atoms with van der Waals surface area (Å²) in [6, 6.07) is 0. The van der Waals surface area contributed by atoms with Crippen molar-refractivity contribution in [3.8, 4) is 0 Å². The molecule has 1 aliphatic rings. The van der Waals surface area contributed by atoms with Gasteiger partial charge in [-0.15, -0.1) is 11.6 Å². The third kappa shape index (κ3) is 2.58. The summed E-state index contributed by atoms with van der Waals surface area (Å²) >= 11 is 11.8. The predicted molar refractivity (Wildman–Crippen MR) is 60.4 cm³/mol. The number of hydrogen-bond donors (Lipinski definition) is 0. The summed E-state index contributed by atoms with van der Waals surface area (Å²) in [6.45, 7) is 1.93. The van der Waals surface area contributed by atoms with Gasteiger partial charge in [0.05, 0.1) is 0 Å². The van der Waals surface area contributed by atoms with Crippen LogP contribution in [-0.2, 0) is 4.79 Å². The zero-order chi connectivity index (χ0) is 10.8. The molecule has 0 spiro atoms. The molecule has 0 bridgehead atoms. The molecule has 0 amide bonds. The van der Waals surface area contributed by atoms with Crippen molar-refractivity contribution < 1.29 is 4.79 Å². The quantitative estimate of drug-likeness (QED) is 0.417. The van der Waals surface area contributed by atoms with Crippen LogP contribution in [0.25, 0.3) is 0 Å². The highest BCUT2D eigenvalue weighted by Gasteiger charge is 2.46. The number of nitrogens with zero attached hydrogens (tertiary/aromatic N) is 1. The van der Waals surface area contributed by atoms with E-state index in [1.807, 2.05) is 6.92 Å². The van der Waals surface area contributed by atoms with Gasteiger partial charge in [0.25, 0.3) is 0 Å². The van der Waals surface area contributed by atoms with Crippen molar-refractivity contribution in [3.05, 3.63) is 11.6 Å². The average molecular weight is 234 g/mol. The van der Waals surface area contributed by atoms with Crippen LogP contribution in [-0.4, -0.2) is 22.9 Å². The summed E-state index contributed by atoms with van der Waals surface area (Å²) < 4.78 is 0. The summed E-state index contributed by atoms with van der Waals surface area (Å²) in [4.78, 5) is 14.8. The molecule has 1 saturated carbocycles. The van der Waals surface area contributed by atoms with Gasteiger partial charge in [-0.25, -0.2) is 0 Å². The van der Waals surface area contributed by atoms with Crippen LogP contribution in [0.5, 0.6) is 0 Å². The van der Waals surface area contributed by atoms with E-state index < -0.39 is 4.87 Å². The van der Waals surface area contributed by atoms with Gasteiger partial charge in [-0.2, -0.15) is 0 Å². The summed E-state index contributed by atoms with van der Waals surface area (Å²) in [7, 11) is 1.60. The molecular weight excluding hydrogens is 221 g/mol. The molecule has 14 heavy (non-hydrogen) atoms. The normalized spacial score (nSPS) is 20.9. The first-order valence-corrected chi connectivity index (χ1v) is 5.35. The molecule has 0 unspecified atom stereocenters. The zero-order valence-electron chi connectivity index (χ0n) is 8.31. The third-order valence-corrected chi connectivity index (χ3v) is 3.25. The van der Waals surface area contributed by atoms with Gasteiger partial charge in [0.2, 0.25) is 0 Å². The number of hydrogen-bond acceptors (Lipinski definition) is 2. The maximum atomic E-state index is 11.6. The van der Waals surface area contributed by atoms with E-state index in [2.05, 4.69) is 4.99 Å². The van der Waals surface area contributed by atoms with Gasteiger partial charge in [0.1, 0.15) is 10.0 Å². The van der Waals surface area contributed by atoms with Gasteiger partial charge in [-0.1, -0.05) is 18.5 Å². The van der Waals surface area contributed by atoms with Crippen LogP contribution < -0.4 is 0 Å². The molecule has 1 fully saturated rings. The molecule has 0 aromatic rings. The third-order valence-electron chi connectivity index (χ3n) is 2.28. The average Bonchev–Trinajstić information content (AvgIpc) is 2.92. The molecule has 0 aromatic carbocycles. The Kier molecular flexibility index (Phi) is 3.73. The van der Waals surface area contributed by atoms with E-state index in [4.69, 9.17) is 23.2 Å². The standard InChI is InChI=1S/C10H13Cl2NO/c1-3-7(9(11)13-2)6-8(14)10(12)4-5-10/h6H,3-5H2,1-2H3/b7-6-,13-9?. The molecule has 0 atom stereocenters. The Morgan fingerprint density at radius 3 is 2.50 bits per heavy atom. The number of carbonyl (C=O) groups is 1. The highest BCUT2D eigenvalue weighted by Crippen LogP contribution is 2.43. The lowest BCUT2D eigenvalue weighted by Crippen LogP contribution is -2.13. The summed E-state index contributed by atoms with van der Waals surface area (Å²) in [5.74, 6) is -0.0437. The van der Waals surface area contributed by atoms with E-state index in [1.54, 1.807) is 7.05 Å². The van der Waals surface area contributed by atoms with E-state index in [0.29, 0.717) is 11.6 Å². The molecule has 1 aliphatic carbocycles. The second-order valence-corrected chi connectivity index (χ2v) is 4.45. The van der Waals surface area contributed by atoms with E-state index in [-0.39, 0.29) is 5.78 Å². The van der Waals surface area contributed by atoms with Crippen LogP contribution in [0.4, 0.5) is 0 Å². The van der Waals surface area contributed by atoms with Crippen molar-refractivity contribution in [2.45, 2.75) is 31.1 Å². The Hall–Kier alpha value is -0.340. The highest BCUT2D eigenvalue weighted by atomic mass is 35.5. The molecule has 0 N–H and O–H groups in total. The van der Waals surface area contributed by atoms with Crippen molar-refractivity contribution in [2.24, 2.45) is 4.99 Å². The van der Waals surface area contributed by atoms with Gasteiger partial charge in [-0.05, 0) is 30.9 Å². The maximum Gasteiger partial charge on any atom is 0.176 e. The topological polar surface area (TPSA) is 29.4 Å². The predicted octanol–water partition coefficient (Wildman–Crippen LogP) is 2.93. The van der Waals surface area contributed by atoms with Gasteiger partial charge in [0.15, 0.2) is 5.78 Å². The number of halogens is 2. The number of aliphatic imine (C=N–C) groups is 1. The van der Waals surface area contributed by atoms with Crippen LogP contribution in [0.1, 0.15) is 26.2 Å². The molecule has 0 aromatic heterocycles. The smallest absolute Gasteiger partial charge is 0.176 e. The molecule has 0 saturated heterocycles. The van der Waals surface area contributed by atoms with E-state index >= 15 is 0 Å². The van der Waals surface area contributed by atoms with Crippen molar-refractivity contribution in [1.82, 2.24) is 0 Å². The number of allylic oxidation sites excluding steroid dienone is 2. The SMILES string of the molecule is CC/C(=C/C(=O)C1(Cl)CC1)C(Cl)=NC. The Bertz CT molecular complexity index is 303. The Morgan fingerprint density at radius 1 is 1.57 bits per heavy atom. The lowest BCUT2D eigenvalue weighted by molar-refractivity contribution is -0.114. The molecule has 2 nitrogen and oxygen atoms in total. The highest BCUT2D eigenvalue weighted by molar-refractivity contribution is 6.69. The van der Waals surface area contributed by atoms with Crippen LogP contribution in [0.2, 0.25) is 0 Å². The maximum absolute atomic E-state index is 11.6. The lowest BCUT2D eigenvalue weighted by Gasteiger charge is -2.03. The fraction of sp³-hybridized carbons (Fsp3) is 0.600. The molecule has 0 heterocycles. The fourth-order valence-electron chi connectivity index (χ4n) is 1.09. The number of alkyl halides is 1. The van der Waals surface area contributed by atoms with Crippen molar-refractivity contribution in [1.29, 1.82) is 0 Å². The van der Waals surface area contributed by atoms with Gasteiger partial charge in [-0.3, -0.25) is 9.79 Å². The van der Waals surface area contributed by atoms with Crippen LogP contribution in [0.15, 0.2) is 16.6 Å². The van der Waals surface area contributed by atoms with Crippen molar-refractivity contribution in [2.75, 3.05) is 7.05 Å². The monoisotopic (exact) mass is 233 g/mol. The van der Waals surface area contributed by atoms with E-state index in [0.717, 1.165) is 18.4 Å². The van der Waals surface area contributed by atoms with Crippen molar-refractivity contribution in [3.63, 3.8) is 0 Å². The first kappa shape index (κ1) is 11.7. The second kappa shape index (κ2) is 4.45. The van der Waals surface area contributed by atoms with Crippen LogP contribution in [0, 0.1) is 0 Å². The summed E-state index contributed by atoms with van der Waals surface area (Å²) in [6.07, 6.45) is 3.74. The summed E-state index contributed by atoms with van der Waals surface area (Å²) in [5, 5.41) is 0.391. The Morgan fingerprint density at radius 2 is 2.14 bits per heavy atom. The number of rotatable bonds is 4. The number of carbonyl (C=O) groups excluding carboxylic acids is 1. The summed E-state index contributed by atoms with van der Waals surface area (Å²) in [5.41, 5.74) is 0.756. The van der Waals surface area contributed by atoms with Crippen LogP contribution in [0.3, 0.4) is 0 Å². The van der Waals surface area contributed by atoms with Crippen molar-refractivity contribution >= 4 is 34.2 Å². The minimum absolute atomic E-state index is 0.0437. The minimum atomic E-state index is -0.634. The van der Waals surface area contributed by atoms with E-state index in [1.165, 1.54) is 6.08 Å². The molecular formula is C10H13Cl2NO. The van der Waals surface area contributed by atoms with Gasteiger partial charge >= 0.3 is 0 Å². The van der Waals surface area contributed by atoms with E-state index in [9.17, 15) is 4.79 Å². The first-order valence-electron chi connectivity index (χ1n) is 4.60. The van der Waals surface area contributed by atoms with Crippen LogP contribution >= 0.6 is 23.2 Å². The molecule has 0 aliphatic heterocycles. The second-order valence-electron chi connectivity index (χ2n) is 3.37. The fourth-order valence-corrected chi connectivity index (χ4v) is 1.43. The zero-order valence-corrected chi connectivity index (χ0v) is 9.82. The minimum Gasteiger partial charge on any atom is -0.293 e.